The maximum Gasteiger partial charge on any atom is -0.0445 e. The third-order valence-electron chi connectivity index (χ3n) is 2.91. The molecule has 2 unspecified atom stereocenters. The van der Waals surface area contributed by atoms with Crippen molar-refractivity contribution in [2.75, 3.05) is 0 Å². The van der Waals surface area contributed by atoms with Gasteiger partial charge in [0.1, 0.15) is 0 Å². The first-order chi connectivity index (χ1) is 5.74. The van der Waals surface area contributed by atoms with Crippen molar-refractivity contribution < 1.29 is 0 Å². The molecule has 0 aromatic carbocycles. The third-order valence-corrected chi connectivity index (χ3v) is 2.91. The first-order valence-corrected chi connectivity index (χ1v) is 5.52. The van der Waals surface area contributed by atoms with Gasteiger partial charge in [-0.05, 0) is 5.92 Å². The standard InChI is InChI=1S/C12H25/c1-5-8-12(7-3)10-9-11(4)6-2/h5,11-12H,6-10H2,1-4H3/q-1. The monoisotopic (exact) mass is 169 g/mol. The Balaban J connectivity index is 3.43. The van der Waals surface area contributed by atoms with Gasteiger partial charge >= 0.3 is 0 Å². The average Bonchev–Trinajstić information content (AvgIpc) is 2.11. The maximum absolute atomic E-state index is 2.36. The summed E-state index contributed by atoms with van der Waals surface area (Å²) in [7, 11) is 0. The van der Waals surface area contributed by atoms with Crippen molar-refractivity contribution in [1.82, 2.24) is 0 Å². The summed E-state index contributed by atoms with van der Waals surface area (Å²) in [6, 6.07) is 0. The summed E-state index contributed by atoms with van der Waals surface area (Å²) in [6.45, 7) is 9.14. The van der Waals surface area contributed by atoms with Crippen LogP contribution in [0.2, 0.25) is 0 Å². The first-order valence-electron chi connectivity index (χ1n) is 5.52. The van der Waals surface area contributed by atoms with Gasteiger partial charge in [-0.2, -0.15) is 13.3 Å². The molecule has 0 fully saturated rings. The van der Waals surface area contributed by atoms with E-state index in [9.17, 15) is 0 Å². The highest BCUT2D eigenvalue weighted by molar-refractivity contribution is 4.66. The molecule has 0 bridgehead atoms. The van der Waals surface area contributed by atoms with Gasteiger partial charge in [0.15, 0.2) is 0 Å². The maximum atomic E-state index is 2.36. The highest BCUT2D eigenvalue weighted by atomic mass is 14.1. The Kier molecular flexibility index (Phi) is 7.64. The lowest BCUT2D eigenvalue weighted by atomic mass is 9.91. The fourth-order valence-electron chi connectivity index (χ4n) is 1.55. The Morgan fingerprint density at radius 1 is 1.08 bits per heavy atom. The fraction of sp³-hybridized carbons (Fsp3) is 0.917. The van der Waals surface area contributed by atoms with Gasteiger partial charge < -0.3 is 6.42 Å². The largest absolute Gasteiger partial charge is 0.331 e. The quantitative estimate of drug-likeness (QED) is 0.494. The number of hydrogen-bond acceptors (Lipinski definition) is 0. The van der Waals surface area contributed by atoms with Gasteiger partial charge in [0, 0.05) is 0 Å². The van der Waals surface area contributed by atoms with Crippen LogP contribution in [0.15, 0.2) is 0 Å². The molecule has 0 heterocycles. The fourth-order valence-corrected chi connectivity index (χ4v) is 1.55. The van der Waals surface area contributed by atoms with Crippen LogP contribution < -0.4 is 0 Å². The van der Waals surface area contributed by atoms with Gasteiger partial charge in [-0.1, -0.05) is 52.4 Å². The molecule has 0 spiro atoms. The van der Waals surface area contributed by atoms with Crippen molar-refractivity contribution in [3.8, 4) is 0 Å². The molecule has 74 valence electrons. The Bertz CT molecular complexity index is 86.0. The topological polar surface area (TPSA) is 0 Å². The van der Waals surface area contributed by atoms with E-state index in [2.05, 4.69) is 34.1 Å². The van der Waals surface area contributed by atoms with E-state index in [0.717, 1.165) is 11.8 Å². The molecule has 0 saturated carbocycles. The summed E-state index contributed by atoms with van der Waals surface area (Å²) >= 11 is 0. The summed E-state index contributed by atoms with van der Waals surface area (Å²) in [5.74, 6) is 1.87. The van der Waals surface area contributed by atoms with Crippen LogP contribution in [-0.4, -0.2) is 0 Å². The third kappa shape index (κ3) is 5.62. The lowest BCUT2D eigenvalue weighted by Gasteiger charge is -2.20. The van der Waals surface area contributed by atoms with Crippen molar-refractivity contribution >= 4 is 0 Å². The van der Waals surface area contributed by atoms with E-state index in [4.69, 9.17) is 0 Å². The molecular weight excluding hydrogens is 144 g/mol. The van der Waals surface area contributed by atoms with Gasteiger partial charge in [-0.15, -0.1) is 0 Å². The molecule has 0 amide bonds. The summed E-state index contributed by atoms with van der Waals surface area (Å²) in [5.41, 5.74) is 0. The second-order valence-corrected chi connectivity index (χ2v) is 4.01. The molecule has 0 saturated heterocycles. The van der Waals surface area contributed by atoms with Crippen LogP contribution in [-0.2, 0) is 0 Å². The van der Waals surface area contributed by atoms with Crippen molar-refractivity contribution in [1.29, 1.82) is 0 Å². The molecule has 0 aromatic heterocycles. The first kappa shape index (κ1) is 12.0. The van der Waals surface area contributed by atoms with Crippen LogP contribution in [0.5, 0.6) is 0 Å². The van der Waals surface area contributed by atoms with E-state index in [1.165, 1.54) is 32.1 Å². The van der Waals surface area contributed by atoms with E-state index >= 15 is 0 Å². The lowest BCUT2D eigenvalue weighted by Crippen LogP contribution is -2.02. The van der Waals surface area contributed by atoms with Crippen LogP contribution in [0, 0.1) is 18.3 Å². The highest BCUT2D eigenvalue weighted by Crippen LogP contribution is 2.20. The van der Waals surface area contributed by atoms with Crippen LogP contribution in [0.3, 0.4) is 0 Å². The van der Waals surface area contributed by atoms with Gasteiger partial charge in [-0.25, -0.2) is 0 Å². The lowest BCUT2D eigenvalue weighted by molar-refractivity contribution is 0.390. The average molecular weight is 169 g/mol. The molecule has 0 aliphatic carbocycles. The molecule has 0 aliphatic rings. The van der Waals surface area contributed by atoms with Gasteiger partial charge in [0.2, 0.25) is 0 Å². The van der Waals surface area contributed by atoms with Crippen LogP contribution in [0.4, 0.5) is 0 Å². The number of hydrogen-bond donors (Lipinski definition) is 0. The summed E-state index contributed by atoms with van der Waals surface area (Å²) in [4.78, 5) is 0. The minimum atomic E-state index is 0.927. The van der Waals surface area contributed by atoms with Crippen molar-refractivity contribution in [3.63, 3.8) is 0 Å². The molecule has 0 nitrogen and oxygen atoms in total. The SMILES string of the molecule is C[CH-]CC(CC)CCC(C)CC. The Labute approximate surface area is 78.8 Å². The zero-order valence-electron chi connectivity index (χ0n) is 9.27. The number of rotatable bonds is 7. The molecule has 0 radical (unpaired) electrons. The second-order valence-electron chi connectivity index (χ2n) is 4.01. The van der Waals surface area contributed by atoms with Gasteiger partial charge in [-0.3, -0.25) is 0 Å². The summed E-state index contributed by atoms with van der Waals surface area (Å²) in [5, 5.41) is 0. The molecule has 0 rings (SSSR count). The van der Waals surface area contributed by atoms with Crippen LogP contribution in [0.1, 0.15) is 59.8 Å². The molecule has 0 heteroatoms. The highest BCUT2D eigenvalue weighted by Gasteiger charge is 2.04. The van der Waals surface area contributed by atoms with E-state index < -0.39 is 0 Å². The van der Waals surface area contributed by atoms with Gasteiger partial charge in [0.25, 0.3) is 0 Å². The molecule has 0 aromatic rings. The summed E-state index contributed by atoms with van der Waals surface area (Å²) < 4.78 is 0. The zero-order valence-corrected chi connectivity index (χ0v) is 9.27. The predicted molar refractivity (Wildman–Crippen MR) is 57.1 cm³/mol. The van der Waals surface area contributed by atoms with Crippen LogP contribution in [0.25, 0.3) is 0 Å². The minimum Gasteiger partial charge on any atom is -0.331 e. The molecule has 12 heavy (non-hydrogen) atoms. The molecule has 0 N–H and O–H groups in total. The Morgan fingerprint density at radius 2 is 1.75 bits per heavy atom. The van der Waals surface area contributed by atoms with Gasteiger partial charge in [0.05, 0.1) is 0 Å². The molecule has 2 atom stereocenters. The van der Waals surface area contributed by atoms with E-state index in [1.54, 1.807) is 0 Å². The predicted octanol–water partition coefficient (Wildman–Crippen LogP) is 4.45. The van der Waals surface area contributed by atoms with Crippen molar-refractivity contribution in [2.45, 2.75) is 59.8 Å². The second kappa shape index (κ2) is 7.64. The van der Waals surface area contributed by atoms with E-state index in [-0.39, 0.29) is 0 Å². The minimum absolute atomic E-state index is 0.927. The summed E-state index contributed by atoms with van der Waals surface area (Å²) in [6.07, 6.45) is 9.16. The van der Waals surface area contributed by atoms with Crippen molar-refractivity contribution in [3.05, 3.63) is 6.42 Å². The normalized spacial score (nSPS) is 16.0. The van der Waals surface area contributed by atoms with E-state index in [0.29, 0.717) is 0 Å². The van der Waals surface area contributed by atoms with Crippen molar-refractivity contribution in [2.24, 2.45) is 11.8 Å². The molecule has 0 aliphatic heterocycles. The Hall–Kier alpha value is 0. The zero-order chi connectivity index (χ0) is 9.40. The van der Waals surface area contributed by atoms with Crippen LogP contribution >= 0.6 is 0 Å². The smallest absolute Gasteiger partial charge is 0.0445 e. The Morgan fingerprint density at radius 3 is 2.17 bits per heavy atom. The molecular formula is C12H25-. The van der Waals surface area contributed by atoms with E-state index in [1.807, 2.05) is 0 Å².